The second-order valence-electron chi connectivity index (χ2n) is 4.18. The number of carbonyl (C=O) groups is 1. The number of nitrogens with zero attached hydrogens (tertiary/aromatic N) is 3. The highest BCUT2D eigenvalue weighted by atomic mass is 32.1. The van der Waals surface area contributed by atoms with E-state index in [1.165, 1.54) is 11.3 Å². The van der Waals surface area contributed by atoms with Crippen LogP contribution in [0, 0.1) is 0 Å². The lowest BCUT2D eigenvalue weighted by Gasteiger charge is -1.98. The SMILES string of the molecule is Cn1cccc1-c1noc(CNC(=O)c2cccs2)n1. The molecule has 0 bridgehead atoms. The van der Waals surface area contributed by atoms with Crippen LogP contribution >= 0.6 is 11.3 Å². The number of amides is 1. The summed E-state index contributed by atoms with van der Waals surface area (Å²) in [5.74, 6) is 0.752. The van der Waals surface area contributed by atoms with Crippen molar-refractivity contribution in [3.05, 3.63) is 46.6 Å². The number of hydrogen-bond acceptors (Lipinski definition) is 5. The van der Waals surface area contributed by atoms with E-state index in [-0.39, 0.29) is 12.5 Å². The molecule has 0 unspecified atom stereocenters. The summed E-state index contributed by atoms with van der Waals surface area (Å²) >= 11 is 1.39. The van der Waals surface area contributed by atoms with Crippen molar-refractivity contribution in [1.82, 2.24) is 20.0 Å². The van der Waals surface area contributed by atoms with Crippen LogP contribution in [0.15, 0.2) is 40.4 Å². The molecule has 0 aliphatic carbocycles. The highest BCUT2D eigenvalue weighted by Gasteiger charge is 2.12. The zero-order valence-electron chi connectivity index (χ0n) is 10.7. The van der Waals surface area contributed by atoms with Crippen LogP contribution in [-0.2, 0) is 13.6 Å². The van der Waals surface area contributed by atoms with Crippen LogP contribution in [0.5, 0.6) is 0 Å². The van der Waals surface area contributed by atoms with Crippen molar-refractivity contribution in [1.29, 1.82) is 0 Å². The monoisotopic (exact) mass is 288 g/mol. The Labute approximate surface area is 119 Å². The average molecular weight is 288 g/mol. The second kappa shape index (κ2) is 5.30. The van der Waals surface area contributed by atoms with E-state index >= 15 is 0 Å². The zero-order chi connectivity index (χ0) is 13.9. The molecule has 0 aliphatic heterocycles. The minimum atomic E-state index is -0.140. The minimum absolute atomic E-state index is 0.140. The normalized spacial score (nSPS) is 10.7. The van der Waals surface area contributed by atoms with E-state index in [9.17, 15) is 4.79 Å². The molecule has 1 amide bonds. The third kappa shape index (κ3) is 2.48. The van der Waals surface area contributed by atoms with E-state index in [0.29, 0.717) is 16.6 Å². The number of rotatable bonds is 4. The molecule has 0 atom stereocenters. The summed E-state index contributed by atoms with van der Waals surface area (Å²) in [6, 6.07) is 7.41. The zero-order valence-corrected chi connectivity index (χ0v) is 11.6. The van der Waals surface area contributed by atoms with Gasteiger partial charge in [0.2, 0.25) is 11.7 Å². The summed E-state index contributed by atoms with van der Waals surface area (Å²) in [7, 11) is 1.91. The van der Waals surface area contributed by atoms with Gasteiger partial charge in [-0.05, 0) is 23.6 Å². The lowest BCUT2D eigenvalue weighted by atomic mass is 10.4. The summed E-state index contributed by atoms with van der Waals surface area (Å²) < 4.78 is 7.03. The first-order chi connectivity index (χ1) is 9.74. The smallest absolute Gasteiger partial charge is 0.261 e. The molecule has 1 N–H and O–H groups in total. The molecule has 3 heterocycles. The topological polar surface area (TPSA) is 73.0 Å². The first kappa shape index (κ1) is 12.6. The van der Waals surface area contributed by atoms with E-state index in [2.05, 4.69) is 15.5 Å². The predicted molar refractivity (Wildman–Crippen MR) is 74.2 cm³/mol. The Kier molecular flexibility index (Phi) is 3.34. The molecule has 3 rings (SSSR count). The van der Waals surface area contributed by atoms with Gasteiger partial charge in [-0.3, -0.25) is 4.79 Å². The van der Waals surface area contributed by atoms with Crippen LogP contribution in [0.1, 0.15) is 15.6 Å². The van der Waals surface area contributed by atoms with Gasteiger partial charge in [0.05, 0.1) is 17.1 Å². The Morgan fingerprint density at radius 1 is 1.45 bits per heavy atom. The number of nitrogens with one attached hydrogen (secondary N) is 1. The molecular weight excluding hydrogens is 276 g/mol. The van der Waals surface area contributed by atoms with Gasteiger partial charge >= 0.3 is 0 Å². The fraction of sp³-hybridized carbons (Fsp3) is 0.154. The van der Waals surface area contributed by atoms with Gasteiger partial charge in [-0.15, -0.1) is 11.3 Å². The molecule has 0 aliphatic rings. The van der Waals surface area contributed by atoms with Crippen molar-refractivity contribution < 1.29 is 9.32 Å². The van der Waals surface area contributed by atoms with E-state index in [1.54, 1.807) is 6.07 Å². The summed E-state index contributed by atoms with van der Waals surface area (Å²) in [5, 5.41) is 8.50. The maximum atomic E-state index is 11.8. The third-order valence-electron chi connectivity index (χ3n) is 2.79. The molecule has 0 fully saturated rings. The third-order valence-corrected chi connectivity index (χ3v) is 3.65. The molecule has 0 aromatic carbocycles. The fourth-order valence-corrected chi connectivity index (χ4v) is 2.41. The molecule has 0 spiro atoms. The Balaban J connectivity index is 1.66. The molecular formula is C13H12N4O2S. The number of aromatic nitrogens is 3. The highest BCUT2D eigenvalue weighted by molar-refractivity contribution is 7.12. The van der Waals surface area contributed by atoms with Crippen LogP contribution in [0.2, 0.25) is 0 Å². The minimum Gasteiger partial charge on any atom is -0.348 e. The van der Waals surface area contributed by atoms with Crippen molar-refractivity contribution in [2.45, 2.75) is 6.54 Å². The molecule has 20 heavy (non-hydrogen) atoms. The number of hydrogen-bond donors (Lipinski definition) is 1. The van der Waals surface area contributed by atoms with Gasteiger partial charge in [0.15, 0.2) is 0 Å². The lowest BCUT2D eigenvalue weighted by molar-refractivity contribution is 0.0950. The maximum Gasteiger partial charge on any atom is 0.261 e. The molecule has 7 heteroatoms. The Morgan fingerprint density at radius 3 is 3.05 bits per heavy atom. The van der Waals surface area contributed by atoms with Crippen molar-refractivity contribution in [2.24, 2.45) is 7.05 Å². The van der Waals surface area contributed by atoms with Crippen LogP contribution < -0.4 is 5.32 Å². The predicted octanol–water partition coefficient (Wildman–Crippen LogP) is 2.07. The fourth-order valence-electron chi connectivity index (χ4n) is 1.77. The molecule has 0 saturated heterocycles. The van der Waals surface area contributed by atoms with Gasteiger partial charge in [0.25, 0.3) is 5.91 Å². The van der Waals surface area contributed by atoms with Crippen LogP contribution in [0.25, 0.3) is 11.5 Å². The molecule has 6 nitrogen and oxygen atoms in total. The molecule has 0 saturated carbocycles. The van der Waals surface area contributed by atoms with Gasteiger partial charge in [0.1, 0.15) is 0 Å². The number of carbonyl (C=O) groups excluding carboxylic acids is 1. The van der Waals surface area contributed by atoms with Gasteiger partial charge in [-0.2, -0.15) is 4.98 Å². The van der Waals surface area contributed by atoms with Gasteiger partial charge < -0.3 is 14.4 Å². The van der Waals surface area contributed by atoms with E-state index < -0.39 is 0 Å². The summed E-state index contributed by atoms with van der Waals surface area (Å²) in [6.45, 7) is 0.216. The number of aryl methyl sites for hydroxylation is 1. The van der Waals surface area contributed by atoms with Crippen molar-refractivity contribution in [3.63, 3.8) is 0 Å². The van der Waals surface area contributed by atoms with Gasteiger partial charge in [-0.1, -0.05) is 11.2 Å². The second-order valence-corrected chi connectivity index (χ2v) is 5.12. The van der Waals surface area contributed by atoms with Crippen LogP contribution in [0.3, 0.4) is 0 Å². The Bertz CT molecular complexity index is 714. The molecule has 102 valence electrons. The van der Waals surface area contributed by atoms with Crippen molar-refractivity contribution in [3.8, 4) is 11.5 Å². The average Bonchev–Trinajstić information content (AvgIpc) is 3.17. The summed E-state index contributed by atoms with van der Waals surface area (Å²) in [5.41, 5.74) is 0.865. The maximum absolute atomic E-state index is 11.8. The van der Waals surface area contributed by atoms with Crippen molar-refractivity contribution >= 4 is 17.2 Å². The Morgan fingerprint density at radius 2 is 2.35 bits per heavy atom. The lowest BCUT2D eigenvalue weighted by Crippen LogP contribution is -2.21. The Hall–Kier alpha value is -2.41. The van der Waals surface area contributed by atoms with E-state index in [1.807, 2.05) is 41.4 Å². The summed E-state index contributed by atoms with van der Waals surface area (Å²) in [6.07, 6.45) is 1.91. The standard InChI is InChI=1S/C13H12N4O2S/c1-17-6-2-4-9(17)12-15-11(19-16-12)8-14-13(18)10-5-3-7-20-10/h2-7H,8H2,1H3,(H,14,18). The van der Waals surface area contributed by atoms with Crippen LogP contribution in [0.4, 0.5) is 0 Å². The molecule has 3 aromatic rings. The van der Waals surface area contributed by atoms with E-state index in [0.717, 1.165) is 5.69 Å². The first-order valence-corrected chi connectivity index (χ1v) is 6.88. The van der Waals surface area contributed by atoms with E-state index in [4.69, 9.17) is 4.52 Å². The molecule has 3 aromatic heterocycles. The number of thiophene rings is 1. The quantitative estimate of drug-likeness (QED) is 0.797. The highest BCUT2D eigenvalue weighted by Crippen LogP contribution is 2.15. The molecule has 0 radical (unpaired) electrons. The first-order valence-electron chi connectivity index (χ1n) is 6.00. The van der Waals surface area contributed by atoms with Gasteiger partial charge in [0, 0.05) is 13.2 Å². The van der Waals surface area contributed by atoms with Crippen LogP contribution in [-0.4, -0.2) is 20.6 Å². The summed E-state index contributed by atoms with van der Waals surface area (Å²) in [4.78, 5) is 16.7. The van der Waals surface area contributed by atoms with Gasteiger partial charge in [-0.25, -0.2) is 0 Å². The largest absolute Gasteiger partial charge is 0.348 e. The van der Waals surface area contributed by atoms with Crippen molar-refractivity contribution in [2.75, 3.05) is 0 Å².